The lowest BCUT2D eigenvalue weighted by molar-refractivity contribution is 0.132. The Morgan fingerprint density at radius 2 is 2.08 bits per heavy atom. The first-order valence-corrected chi connectivity index (χ1v) is 8.51. The standard InChI is InChI=1S/C18H24N4O2/c23-17-4-1-3-15(17)13-20-18(24)19-11-9-14-5-7-16(8-6-14)22-12-2-10-21-22/h2,5-8,10,12,15,17,23H,1,3-4,9,11,13H2,(H2,19,20,24). The largest absolute Gasteiger partial charge is 0.393 e. The van der Waals surface area contributed by atoms with Gasteiger partial charge >= 0.3 is 6.03 Å². The van der Waals surface area contributed by atoms with E-state index in [1.807, 2.05) is 41.2 Å². The third kappa shape index (κ3) is 4.35. The van der Waals surface area contributed by atoms with Crippen molar-refractivity contribution in [3.63, 3.8) is 0 Å². The summed E-state index contributed by atoms with van der Waals surface area (Å²) in [7, 11) is 0. The van der Waals surface area contributed by atoms with Gasteiger partial charge in [0.25, 0.3) is 0 Å². The van der Waals surface area contributed by atoms with Crippen LogP contribution in [0.5, 0.6) is 0 Å². The fourth-order valence-electron chi connectivity index (χ4n) is 3.10. The van der Waals surface area contributed by atoms with Crippen molar-refractivity contribution in [3.05, 3.63) is 48.3 Å². The number of rotatable bonds is 6. The van der Waals surface area contributed by atoms with Crippen molar-refractivity contribution >= 4 is 6.03 Å². The summed E-state index contributed by atoms with van der Waals surface area (Å²) in [5.74, 6) is 0.200. The quantitative estimate of drug-likeness (QED) is 0.757. The van der Waals surface area contributed by atoms with Crippen LogP contribution in [0.4, 0.5) is 4.79 Å². The minimum Gasteiger partial charge on any atom is -0.393 e. The number of hydrogen-bond donors (Lipinski definition) is 3. The van der Waals surface area contributed by atoms with Crippen LogP contribution in [0, 0.1) is 5.92 Å². The summed E-state index contributed by atoms with van der Waals surface area (Å²) in [5.41, 5.74) is 2.18. The zero-order chi connectivity index (χ0) is 16.8. The smallest absolute Gasteiger partial charge is 0.314 e. The maximum Gasteiger partial charge on any atom is 0.314 e. The molecule has 1 saturated carbocycles. The highest BCUT2D eigenvalue weighted by Crippen LogP contribution is 2.24. The third-order valence-electron chi connectivity index (χ3n) is 4.55. The molecule has 0 spiro atoms. The molecule has 2 aromatic rings. The van der Waals surface area contributed by atoms with E-state index in [0.717, 1.165) is 36.9 Å². The molecule has 0 saturated heterocycles. The number of aliphatic hydroxyl groups excluding tert-OH is 1. The summed E-state index contributed by atoms with van der Waals surface area (Å²) >= 11 is 0. The lowest BCUT2D eigenvalue weighted by Crippen LogP contribution is -2.40. The molecule has 3 rings (SSSR count). The summed E-state index contributed by atoms with van der Waals surface area (Å²) in [4.78, 5) is 11.8. The number of benzene rings is 1. The Kier molecular flexibility index (Phi) is 5.48. The Morgan fingerprint density at radius 1 is 1.25 bits per heavy atom. The molecule has 2 amide bonds. The van der Waals surface area contributed by atoms with Gasteiger partial charge in [-0.3, -0.25) is 0 Å². The van der Waals surface area contributed by atoms with Crippen LogP contribution in [0.15, 0.2) is 42.7 Å². The Bertz CT molecular complexity index is 640. The van der Waals surface area contributed by atoms with Gasteiger partial charge in [-0.1, -0.05) is 18.6 Å². The molecular weight excluding hydrogens is 304 g/mol. The minimum absolute atomic E-state index is 0.165. The third-order valence-corrected chi connectivity index (χ3v) is 4.55. The average Bonchev–Trinajstić information content (AvgIpc) is 3.25. The molecule has 3 N–H and O–H groups in total. The van der Waals surface area contributed by atoms with Gasteiger partial charge in [-0.25, -0.2) is 9.48 Å². The Labute approximate surface area is 141 Å². The van der Waals surface area contributed by atoms with Gasteiger partial charge in [-0.05, 0) is 43.0 Å². The number of aliphatic hydroxyl groups is 1. The Morgan fingerprint density at radius 3 is 2.75 bits per heavy atom. The van der Waals surface area contributed by atoms with Crippen LogP contribution in [-0.2, 0) is 6.42 Å². The topological polar surface area (TPSA) is 79.2 Å². The van der Waals surface area contributed by atoms with Gasteiger partial charge in [0, 0.05) is 31.4 Å². The van der Waals surface area contributed by atoms with E-state index in [-0.39, 0.29) is 18.1 Å². The molecule has 1 aliphatic carbocycles. The zero-order valence-corrected chi connectivity index (χ0v) is 13.7. The average molecular weight is 328 g/mol. The van der Waals surface area contributed by atoms with Gasteiger partial charge in [0.15, 0.2) is 0 Å². The highest BCUT2D eigenvalue weighted by Gasteiger charge is 2.25. The van der Waals surface area contributed by atoms with E-state index in [1.54, 1.807) is 6.20 Å². The number of urea groups is 1. The van der Waals surface area contributed by atoms with Gasteiger partial charge in [-0.15, -0.1) is 0 Å². The van der Waals surface area contributed by atoms with Crippen molar-refractivity contribution in [1.82, 2.24) is 20.4 Å². The van der Waals surface area contributed by atoms with E-state index in [1.165, 1.54) is 0 Å². The fraction of sp³-hybridized carbons (Fsp3) is 0.444. The second-order valence-electron chi connectivity index (χ2n) is 6.26. The van der Waals surface area contributed by atoms with Crippen LogP contribution in [0.25, 0.3) is 5.69 Å². The van der Waals surface area contributed by atoms with E-state index in [4.69, 9.17) is 0 Å². The van der Waals surface area contributed by atoms with Crippen LogP contribution in [-0.4, -0.2) is 40.1 Å². The highest BCUT2D eigenvalue weighted by molar-refractivity contribution is 5.73. The molecule has 6 heteroatoms. The van der Waals surface area contributed by atoms with Gasteiger partial charge in [-0.2, -0.15) is 5.10 Å². The van der Waals surface area contributed by atoms with Crippen LogP contribution >= 0.6 is 0 Å². The monoisotopic (exact) mass is 328 g/mol. The van der Waals surface area contributed by atoms with Gasteiger partial charge < -0.3 is 15.7 Å². The molecule has 1 aliphatic rings. The number of nitrogens with zero attached hydrogens (tertiary/aromatic N) is 2. The minimum atomic E-state index is -0.265. The van der Waals surface area contributed by atoms with E-state index in [9.17, 15) is 9.90 Å². The zero-order valence-electron chi connectivity index (χ0n) is 13.7. The Balaban J connectivity index is 1.37. The second-order valence-corrected chi connectivity index (χ2v) is 6.26. The van der Waals surface area contributed by atoms with Crippen molar-refractivity contribution in [2.24, 2.45) is 5.92 Å². The highest BCUT2D eigenvalue weighted by atomic mass is 16.3. The van der Waals surface area contributed by atoms with Crippen LogP contribution in [0.1, 0.15) is 24.8 Å². The molecule has 1 heterocycles. The summed E-state index contributed by atoms with van der Waals surface area (Å²) in [6.45, 7) is 1.13. The van der Waals surface area contributed by atoms with Crippen molar-refractivity contribution in [2.45, 2.75) is 31.8 Å². The molecule has 1 aromatic carbocycles. The maximum atomic E-state index is 11.8. The van der Waals surface area contributed by atoms with Crippen molar-refractivity contribution in [3.8, 4) is 5.69 Å². The van der Waals surface area contributed by atoms with E-state index < -0.39 is 0 Å². The molecule has 1 aromatic heterocycles. The second kappa shape index (κ2) is 7.97. The van der Waals surface area contributed by atoms with Crippen LogP contribution < -0.4 is 10.6 Å². The Hall–Kier alpha value is -2.34. The van der Waals surface area contributed by atoms with Crippen LogP contribution in [0.3, 0.4) is 0 Å². The number of carbonyl (C=O) groups excluding carboxylic acids is 1. The van der Waals surface area contributed by atoms with E-state index in [0.29, 0.717) is 13.1 Å². The van der Waals surface area contributed by atoms with E-state index in [2.05, 4.69) is 15.7 Å². The van der Waals surface area contributed by atoms with Gasteiger partial charge in [0.1, 0.15) is 0 Å². The summed E-state index contributed by atoms with van der Waals surface area (Å²) < 4.78 is 1.81. The van der Waals surface area contributed by atoms with Crippen LogP contribution in [0.2, 0.25) is 0 Å². The molecule has 0 radical (unpaired) electrons. The lowest BCUT2D eigenvalue weighted by Gasteiger charge is -2.15. The number of carbonyl (C=O) groups is 1. The molecule has 0 aliphatic heterocycles. The molecule has 1 fully saturated rings. The summed E-state index contributed by atoms with van der Waals surface area (Å²) in [5, 5.41) is 19.6. The SMILES string of the molecule is O=C(NCCc1ccc(-n2cccn2)cc1)NCC1CCCC1O. The number of hydrogen-bond acceptors (Lipinski definition) is 3. The first-order chi connectivity index (χ1) is 11.7. The fourth-order valence-corrected chi connectivity index (χ4v) is 3.10. The molecule has 128 valence electrons. The molecular formula is C18H24N4O2. The normalized spacial score (nSPS) is 20.0. The molecule has 2 atom stereocenters. The van der Waals surface area contributed by atoms with Crippen molar-refractivity contribution in [1.29, 1.82) is 0 Å². The summed E-state index contributed by atoms with van der Waals surface area (Å²) in [6, 6.07) is 9.86. The summed E-state index contributed by atoms with van der Waals surface area (Å²) in [6.07, 6.45) is 7.05. The predicted molar refractivity (Wildman–Crippen MR) is 92.0 cm³/mol. The molecule has 24 heavy (non-hydrogen) atoms. The maximum absolute atomic E-state index is 11.8. The van der Waals surface area contributed by atoms with Gasteiger partial charge in [0.05, 0.1) is 11.8 Å². The van der Waals surface area contributed by atoms with Gasteiger partial charge in [0.2, 0.25) is 0 Å². The molecule has 2 unspecified atom stereocenters. The number of amides is 2. The van der Waals surface area contributed by atoms with Crippen molar-refractivity contribution < 1.29 is 9.90 Å². The lowest BCUT2D eigenvalue weighted by atomic mass is 10.1. The number of aromatic nitrogens is 2. The first-order valence-electron chi connectivity index (χ1n) is 8.51. The van der Waals surface area contributed by atoms with Crippen molar-refractivity contribution in [2.75, 3.05) is 13.1 Å². The molecule has 0 bridgehead atoms. The first kappa shape index (κ1) is 16.5. The molecule has 6 nitrogen and oxygen atoms in total. The number of nitrogens with one attached hydrogen (secondary N) is 2. The van der Waals surface area contributed by atoms with E-state index >= 15 is 0 Å². The predicted octanol–water partition coefficient (Wildman–Crippen LogP) is 1.88.